The van der Waals surface area contributed by atoms with Crippen LogP contribution in [0.25, 0.3) is 0 Å². The summed E-state index contributed by atoms with van der Waals surface area (Å²) in [6, 6.07) is 0. The summed E-state index contributed by atoms with van der Waals surface area (Å²) in [6.45, 7) is 16.4. The molecule has 3 N–H and O–H groups in total. The van der Waals surface area contributed by atoms with Crippen molar-refractivity contribution in [3.8, 4) is 0 Å². The minimum absolute atomic E-state index is 0.253. The maximum Gasteiger partial charge on any atom is 0.231 e. The lowest BCUT2D eigenvalue weighted by Crippen LogP contribution is -2.35. The number of nitrogens with one attached hydrogen (secondary N) is 1. The SMILES string of the molecule is C=C\N=C(C(/N=C/S/C(C)=C(C)/C=C1/OCO/C1=C/C)=C(\C)N)\N(C)CCNCC. The molecule has 1 rings (SSSR count). The minimum Gasteiger partial charge on any atom is -0.454 e. The molecule has 30 heavy (non-hydrogen) atoms. The third kappa shape index (κ3) is 8.12. The Balaban J connectivity index is 2.96. The summed E-state index contributed by atoms with van der Waals surface area (Å²) in [5, 5.41) is 3.30. The normalized spacial score (nSPS) is 18.9. The molecule has 1 fully saturated rings. The van der Waals surface area contributed by atoms with E-state index in [1.807, 2.05) is 51.8 Å². The topological polar surface area (TPSA) is 84.5 Å². The van der Waals surface area contributed by atoms with E-state index in [1.54, 1.807) is 5.55 Å². The molecule has 1 heterocycles. The number of amidine groups is 1. The van der Waals surface area contributed by atoms with Gasteiger partial charge in [0, 0.05) is 32.0 Å². The number of nitrogens with two attached hydrogens (primary N) is 1. The second-order valence-corrected chi connectivity index (χ2v) is 7.66. The van der Waals surface area contributed by atoms with Gasteiger partial charge in [0.15, 0.2) is 17.4 Å². The molecule has 0 unspecified atom stereocenters. The van der Waals surface area contributed by atoms with Crippen molar-refractivity contribution < 1.29 is 9.47 Å². The lowest BCUT2D eigenvalue weighted by atomic mass is 10.2. The molecular weight excluding hydrogens is 398 g/mol. The van der Waals surface area contributed by atoms with Crippen LogP contribution >= 0.6 is 11.8 Å². The van der Waals surface area contributed by atoms with Crippen molar-refractivity contribution in [1.82, 2.24) is 10.2 Å². The molecule has 0 aromatic carbocycles. The van der Waals surface area contributed by atoms with Gasteiger partial charge in [0.2, 0.25) is 6.79 Å². The van der Waals surface area contributed by atoms with Crippen LogP contribution in [0.5, 0.6) is 0 Å². The highest BCUT2D eigenvalue weighted by Gasteiger charge is 2.16. The van der Waals surface area contributed by atoms with Crippen molar-refractivity contribution >= 4 is 23.1 Å². The van der Waals surface area contributed by atoms with Crippen molar-refractivity contribution in [2.24, 2.45) is 15.7 Å². The average molecular weight is 434 g/mol. The van der Waals surface area contributed by atoms with E-state index in [9.17, 15) is 0 Å². The Hall–Kier alpha value is -2.45. The van der Waals surface area contributed by atoms with E-state index in [0.29, 0.717) is 17.2 Å². The smallest absolute Gasteiger partial charge is 0.231 e. The van der Waals surface area contributed by atoms with Crippen molar-refractivity contribution in [2.45, 2.75) is 34.6 Å². The van der Waals surface area contributed by atoms with Gasteiger partial charge >= 0.3 is 0 Å². The van der Waals surface area contributed by atoms with Gasteiger partial charge in [-0.3, -0.25) is 0 Å². The molecule has 0 aromatic rings. The largest absolute Gasteiger partial charge is 0.454 e. The number of rotatable bonds is 10. The van der Waals surface area contributed by atoms with Gasteiger partial charge in [-0.15, -0.1) is 0 Å². The van der Waals surface area contributed by atoms with E-state index in [4.69, 9.17) is 15.2 Å². The molecule has 0 aromatic heterocycles. The summed E-state index contributed by atoms with van der Waals surface area (Å²) >= 11 is 1.52. The predicted molar refractivity (Wildman–Crippen MR) is 129 cm³/mol. The van der Waals surface area contributed by atoms with Crippen LogP contribution in [0.3, 0.4) is 0 Å². The lowest BCUT2D eigenvalue weighted by molar-refractivity contribution is 0.0975. The first-order valence-corrected chi connectivity index (χ1v) is 10.8. The zero-order chi connectivity index (χ0) is 22.5. The molecule has 0 atom stereocenters. The predicted octanol–water partition coefficient (Wildman–Crippen LogP) is 4.11. The van der Waals surface area contributed by atoms with Gasteiger partial charge in [0.1, 0.15) is 5.70 Å². The highest BCUT2D eigenvalue weighted by molar-refractivity contribution is 8.15. The molecule has 0 bridgehead atoms. The fraction of sp³-hybridized carbons (Fsp3) is 0.455. The van der Waals surface area contributed by atoms with Crippen LogP contribution in [0.2, 0.25) is 0 Å². The lowest BCUT2D eigenvalue weighted by Gasteiger charge is -2.22. The summed E-state index contributed by atoms with van der Waals surface area (Å²) in [4.78, 5) is 12.1. The summed E-state index contributed by atoms with van der Waals surface area (Å²) in [5.41, 5.74) is 10.2. The highest BCUT2D eigenvalue weighted by atomic mass is 32.2. The van der Waals surface area contributed by atoms with Crippen molar-refractivity contribution in [2.75, 3.05) is 33.5 Å². The Kier molecular flexibility index (Phi) is 11.7. The van der Waals surface area contributed by atoms with Crippen LogP contribution in [-0.4, -0.2) is 49.8 Å². The number of hydrogen-bond acceptors (Lipinski definition) is 7. The third-order valence-electron chi connectivity index (χ3n) is 4.28. The van der Waals surface area contributed by atoms with Crippen LogP contribution in [0.1, 0.15) is 34.6 Å². The standard InChI is InChI=1S/C22H35N5O2S/c1-8-19-20(29-15-28-19)13-16(4)18(6)30-14-26-21(17(5)23)22(25-10-3)27(7)12-11-24-9-2/h8,10,13-14,24H,3,9,11-12,15,23H2,1-2,4-7H3/b18-16+,19-8+,20-13+,21-17-,25-22+,26-14+. The fourth-order valence-electron chi connectivity index (χ4n) is 2.48. The van der Waals surface area contributed by atoms with Crippen LogP contribution in [0, 0.1) is 0 Å². The number of aliphatic imine (C=N–C) groups is 2. The van der Waals surface area contributed by atoms with Crippen LogP contribution < -0.4 is 11.1 Å². The summed E-state index contributed by atoms with van der Waals surface area (Å²) in [7, 11) is 1.97. The van der Waals surface area contributed by atoms with Crippen LogP contribution in [-0.2, 0) is 9.47 Å². The first-order chi connectivity index (χ1) is 14.3. The van der Waals surface area contributed by atoms with Crippen molar-refractivity contribution in [1.29, 1.82) is 0 Å². The Morgan fingerprint density at radius 3 is 2.60 bits per heavy atom. The second kappa shape index (κ2) is 13.7. The highest BCUT2D eigenvalue weighted by Crippen LogP contribution is 2.25. The number of hydrogen-bond donors (Lipinski definition) is 2. The first-order valence-electron chi connectivity index (χ1n) is 9.93. The van der Waals surface area contributed by atoms with Gasteiger partial charge in [0.25, 0.3) is 0 Å². The van der Waals surface area contributed by atoms with E-state index >= 15 is 0 Å². The molecule has 0 radical (unpaired) electrons. The van der Waals surface area contributed by atoms with Gasteiger partial charge in [0.05, 0.1) is 5.55 Å². The number of likely N-dealkylation sites (N-methyl/N-ethyl adjacent to an activating group) is 2. The molecule has 7 nitrogen and oxygen atoms in total. The monoisotopic (exact) mass is 433 g/mol. The van der Waals surface area contributed by atoms with E-state index in [0.717, 1.165) is 41.6 Å². The van der Waals surface area contributed by atoms with Gasteiger partial charge in [-0.2, -0.15) is 0 Å². The van der Waals surface area contributed by atoms with Gasteiger partial charge in [-0.05, 0) is 56.9 Å². The molecule has 0 saturated carbocycles. The Labute approximate surface area is 185 Å². The number of nitrogens with zero attached hydrogens (tertiary/aromatic N) is 3. The number of allylic oxidation sites excluding steroid dienone is 5. The minimum atomic E-state index is 0.253. The molecule has 0 amide bonds. The van der Waals surface area contributed by atoms with E-state index in [-0.39, 0.29) is 6.79 Å². The summed E-state index contributed by atoms with van der Waals surface area (Å²) in [5.74, 6) is 2.19. The maximum absolute atomic E-state index is 6.12. The molecule has 1 saturated heterocycles. The second-order valence-electron chi connectivity index (χ2n) is 6.60. The molecule has 1 aliphatic rings. The number of thioether (sulfide) groups is 1. The van der Waals surface area contributed by atoms with Crippen molar-refractivity contribution in [3.05, 3.63) is 58.3 Å². The third-order valence-corrected chi connectivity index (χ3v) is 5.17. The zero-order valence-corrected chi connectivity index (χ0v) is 19.8. The zero-order valence-electron chi connectivity index (χ0n) is 19.0. The maximum atomic E-state index is 6.12. The Morgan fingerprint density at radius 2 is 2.00 bits per heavy atom. The Morgan fingerprint density at radius 1 is 1.30 bits per heavy atom. The first kappa shape index (κ1) is 25.6. The van der Waals surface area contributed by atoms with Gasteiger partial charge in [-0.25, -0.2) is 9.98 Å². The van der Waals surface area contributed by atoms with Crippen LogP contribution in [0.15, 0.2) is 68.3 Å². The quantitative estimate of drug-likeness (QED) is 0.306. The van der Waals surface area contributed by atoms with Gasteiger partial charge < -0.3 is 25.4 Å². The molecule has 8 heteroatoms. The van der Waals surface area contributed by atoms with Gasteiger partial charge in [-0.1, -0.05) is 25.3 Å². The fourth-order valence-corrected chi connectivity index (χ4v) is 3.04. The Bertz CT molecular complexity index is 774. The summed E-state index contributed by atoms with van der Waals surface area (Å²) in [6.07, 6.45) is 5.38. The van der Waals surface area contributed by atoms with E-state index in [1.165, 1.54) is 18.0 Å². The van der Waals surface area contributed by atoms with Crippen LogP contribution in [0.4, 0.5) is 0 Å². The van der Waals surface area contributed by atoms with Crippen molar-refractivity contribution in [3.63, 3.8) is 0 Å². The molecule has 0 aliphatic carbocycles. The molecule has 1 aliphatic heterocycles. The average Bonchev–Trinajstić information content (AvgIpc) is 3.16. The molecule has 166 valence electrons. The molecular formula is C22H35N5O2S. The number of ether oxygens (including phenoxy) is 2. The summed E-state index contributed by atoms with van der Waals surface area (Å²) < 4.78 is 10.9. The van der Waals surface area contributed by atoms with E-state index in [2.05, 4.69) is 28.8 Å². The van der Waals surface area contributed by atoms with E-state index < -0.39 is 0 Å². The molecule has 0 spiro atoms.